The SMILES string of the molecule is CCCCCC[S-].CCCCCC[S-].C[C](C)C.C[C](C)C.[Sn+2]. The number of hydrogen-bond donors (Lipinski definition) is 0. The van der Waals surface area contributed by atoms with Gasteiger partial charge in [0, 0.05) is 0 Å². The molecule has 0 N–H and O–H groups in total. The first-order chi connectivity index (χ1) is 10.3. The zero-order chi connectivity index (χ0) is 18.2. The van der Waals surface area contributed by atoms with Crippen molar-refractivity contribution in [1.82, 2.24) is 0 Å². The molecule has 0 aliphatic carbocycles. The van der Waals surface area contributed by atoms with Gasteiger partial charge in [-0.15, -0.1) is 0 Å². The van der Waals surface area contributed by atoms with E-state index in [1.54, 1.807) is 0 Å². The average Bonchev–Trinajstić information content (AvgIpc) is 2.39. The topological polar surface area (TPSA) is 0 Å². The summed E-state index contributed by atoms with van der Waals surface area (Å²) in [6.45, 7) is 16.9. The van der Waals surface area contributed by atoms with Crippen molar-refractivity contribution in [1.29, 1.82) is 0 Å². The van der Waals surface area contributed by atoms with Gasteiger partial charge in [-0.2, -0.15) is 11.5 Å². The minimum absolute atomic E-state index is 0. The van der Waals surface area contributed by atoms with E-state index in [1.807, 2.05) is 0 Å². The van der Waals surface area contributed by atoms with Crippen LogP contribution in [0.15, 0.2) is 0 Å². The van der Waals surface area contributed by atoms with Crippen molar-refractivity contribution in [2.75, 3.05) is 11.5 Å². The van der Waals surface area contributed by atoms with E-state index in [0.29, 0.717) is 0 Å². The summed E-state index contributed by atoms with van der Waals surface area (Å²) >= 11 is 9.53. The Balaban J connectivity index is -0.0000000639. The Morgan fingerprint density at radius 2 is 0.739 bits per heavy atom. The molecule has 0 aromatic carbocycles. The van der Waals surface area contributed by atoms with Crippen molar-refractivity contribution < 1.29 is 0 Å². The van der Waals surface area contributed by atoms with Crippen LogP contribution in [0.25, 0.3) is 0 Å². The van der Waals surface area contributed by atoms with E-state index >= 15 is 0 Å². The molecule has 0 spiro atoms. The summed E-state index contributed by atoms with van der Waals surface area (Å²) in [4.78, 5) is 0. The van der Waals surface area contributed by atoms with E-state index in [1.165, 1.54) is 63.2 Å². The molecule has 0 aromatic rings. The maximum atomic E-state index is 4.77. The van der Waals surface area contributed by atoms with E-state index < -0.39 is 0 Å². The third kappa shape index (κ3) is 120. The summed E-state index contributed by atoms with van der Waals surface area (Å²) in [5.41, 5.74) is 0. The van der Waals surface area contributed by atoms with Crippen LogP contribution in [0.4, 0.5) is 0 Å². The third-order valence-corrected chi connectivity index (χ3v) is 2.57. The Bertz CT molecular complexity index is 110. The van der Waals surface area contributed by atoms with Gasteiger partial charge in [-0.05, 0) is 11.8 Å². The van der Waals surface area contributed by atoms with E-state index in [0.717, 1.165) is 11.5 Å². The quantitative estimate of drug-likeness (QED) is 0.212. The molecule has 3 heteroatoms. The maximum absolute atomic E-state index is 4.77. The Morgan fingerprint density at radius 1 is 0.522 bits per heavy atom. The molecule has 0 nitrogen and oxygen atoms in total. The van der Waals surface area contributed by atoms with Crippen LogP contribution in [0.3, 0.4) is 0 Å². The van der Waals surface area contributed by atoms with Crippen LogP contribution in [0, 0.1) is 11.8 Å². The molecule has 4 radical (unpaired) electrons. The summed E-state index contributed by atoms with van der Waals surface area (Å²) in [5, 5.41) is 0. The second-order valence-corrected chi connectivity index (χ2v) is 7.35. The predicted octanol–water partition coefficient (Wildman–Crippen LogP) is 7.09. The normalized spacial score (nSPS) is 8.87. The van der Waals surface area contributed by atoms with Crippen LogP contribution >= 0.6 is 0 Å². The van der Waals surface area contributed by atoms with Gasteiger partial charge in [0.15, 0.2) is 0 Å². The average molecular weight is 467 g/mol. The van der Waals surface area contributed by atoms with E-state index in [2.05, 4.69) is 55.4 Å². The molecular weight excluding hydrogens is 423 g/mol. The molecule has 0 amide bonds. The summed E-state index contributed by atoms with van der Waals surface area (Å²) < 4.78 is 0. The van der Waals surface area contributed by atoms with Crippen LogP contribution in [-0.2, 0) is 25.3 Å². The van der Waals surface area contributed by atoms with E-state index in [4.69, 9.17) is 25.3 Å². The van der Waals surface area contributed by atoms with Gasteiger partial charge in [-0.25, -0.2) is 0 Å². The van der Waals surface area contributed by atoms with Gasteiger partial charge in [-0.1, -0.05) is 107 Å². The standard InChI is InChI=1S/2C6H14S.2C4H9.Sn/c2*1-2-3-4-5-6-7;2*1-4(2)3;/h2*7H,2-6H2,1H3;2*1-3H3;/q;;;;+2/p-2. The molecule has 0 fully saturated rings. The van der Waals surface area contributed by atoms with Crippen LogP contribution < -0.4 is 0 Å². The zero-order valence-corrected chi connectivity index (χ0v) is 21.9. The van der Waals surface area contributed by atoms with Gasteiger partial charge in [-0.3, -0.25) is 0 Å². The van der Waals surface area contributed by atoms with Crippen molar-refractivity contribution >= 4 is 49.2 Å². The van der Waals surface area contributed by atoms with Gasteiger partial charge in [0.05, 0.1) is 0 Å². The molecule has 0 saturated carbocycles. The van der Waals surface area contributed by atoms with Crippen LogP contribution in [-0.4, -0.2) is 35.4 Å². The van der Waals surface area contributed by atoms with Gasteiger partial charge < -0.3 is 25.3 Å². The van der Waals surface area contributed by atoms with Crippen molar-refractivity contribution in [3.05, 3.63) is 11.8 Å². The molecule has 0 aliphatic heterocycles. The van der Waals surface area contributed by atoms with Gasteiger partial charge in [0.25, 0.3) is 0 Å². The first-order valence-electron chi connectivity index (χ1n) is 8.99. The fourth-order valence-corrected chi connectivity index (χ4v) is 1.47. The maximum Gasteiger partial charge on any atom is 2.00 e. The smallest absolute Gasteiger partial charge is 0.793 e. The molecule has 0 unspecified atom stereocenters. The molecule has 0 heterocycles. The second kappa shape index (κ2) is 38.8. The van der Waals surface area contributed by atoms with E-state index in [9.17, 15) is 0 Å². The van der Waals surface area contributed by atoms with Crippen molar-refractivity contribution in [2.45, 2.75) is 107 Å². The second-order valence-electron chi connectivity index (χ2n) is 6.53. The molecule has 0 atom stereocenters. The molecular formula is C20H44S2Sn. The molecule has 23 heavy (non-hydrogen) atoms. The first kappa shape index (κ1) is 35.6. The number of unbranched alkanes of at least 4 members (excludes halogenated alkanes) is 6. The fourth-order valence-electron chi connectivity index (χ4n) is 1.06. The minimum Gasteiger partial charge on any atom is -0.793 e. The van der Waals surface area contributed by atoms with Crippen molar-refractivity contribution in [3.63, 3.8) is 0 Å². The third-order valence-electron chi connectivity index (χ3n) is 2.00. The van der Waals surface area contributed by atoms with Gasteiger partial charge in [0.2, 0.25) is 0 Å². The molecule has 0 rings (SSSR count). The van der Waals surface area contributed by atoms with Crippen LogP contribution in [0.2, 0.25) is 0 Å². The number of rotatable bonds is 8. The predicted molar refractivity (Wildman–Crippen MR) is 119 cm³/mol. The Morgan fingerprint density at radius 3 is 0.870 bits per heavy atom. The summed E-state index contributed by atoms with van der Waals surface area (Å²) in [6.07, 6.45) is 10.5. The summed E-state index contributed by atoms with van der Waals surface area (Å²) in [5.74, 6) is 4.72. The monoisotopic (exact) mass is 468 g/mol. The first-order valence-corrected chi connectivity index (χ1v) is 10.1. The largest absolute Gasteiger partial charge is 2.00 e. The van der Waals surface area contributed by atoms with Crippen molar-refractivity contribution in [3.8, 4) is 0 Å². The minimum atomic E-state index is 0. The van der Waals surface area contributed by atoms with Crippen LogP contribution in [0.1, 0.15) is 107 Å². The van der Waals surface area contributed by atoms with Gasteiger partial charge in [0.1, 0.15) is 0 Å². The Labute approximate surface area is 178 Å². The summed E-state index contributed by atoms with van der Waals surface area (Å²) in [7, 11) is 0. The fraction of sp³-hybridized carbons (Fsp3) is 0.900. The molecule has 0 bridgehead atoms. The number of hydrogen-bond acceptors (Lipinski definition) is 2. The molecule has 0 saturated heterocycles. The Kier molecular flexibility index (Phi) is 60.1. The molecule has 140 valence electrons. The van der Waals surface area contributed by atoms with E-state index in [-0.39, 0.29) is 23.9 Å². The van der Waals surface area contributed by atoms with Crippen molar-refractivity contribution in [2.24, 2.45) is 0 Å². The Hall–Kier alpha value is 1.50. The summed E-state index contributed by atoms with van der Waals surface area (Å²) in [6, 6.07) is 0. The zero-order valence-electron chi connectivity index (χ0n) is 17.4. The van der Waals surface area contributed by atoms with Gasteiger partial charge >= 0.3 is 23.9 Å². The molecule has 0 aliphatic rings. The molecule has 0 aromatic heterocycles. The van der Waals surface area contributed by atoms with Crippen LogP contribution in [0.5, 0.6) is 0 Å².